The van der Waals surface area contributed by atoms with E-state index in [2.05, 4.69) is 15.0 Å². The lowest BCUT2D eigenvalue weighted by Gasteiger charge is -2.06. The number of hydrogen-bond donors (Lipinski definition) is 1. The molecule has 1 aromatic rings. The average Bonchev–Trinajstić information content (AvgIpc) is 1.85. The average molecular weight is 153 g/mol. The van der Waals surface area contributed by atoms with Crippen molar-refractivity contribution in [1.29, 1.82) is 0 Å². The monoisotopic (exact) mass is 153 g/mol. The van der Waals surface area contributed by atoms with Gasteiger partial charge in [-0.2, -0.15) is 4.98 Å². The van der Waals surface area contributed by atoms with Gasteiger partial charge in [-0.05, 0) is 14.1 Å². The quantitative estimate of drug-likeness (QED) is 0.621. The first-order valence-corrected chi connectivity index (χ1v) is 3.26. The molecule has 0 saturated carbocycles. The molecule has 0 fully saturated rings. The highest BCUT2D eigenvalue weighted by Crippen LogP contribution is 1.93. The normalized spacial score (nSPS) is 10.5. The van der Waals surface area contributed by atoms with E-state index < -0.39 is 0 Å². The van der Waals surface area contributed by atoms with Gasteiger partial charge < -0.3 is 10.6 Å². The van der Waals surface area contributed by atoms with E-state index in [0.717, 1.165) is 0 Å². The SMILES string of the molecule is CN(C)Cc1ncnc(N)n1. The molecule has 60 valence electrons. The molecule has 2 N–H and O–H groups in total. The predicted octanol–water partition coefficient (Wildman–Crippen LogP) is -0.485. The van der Waals surface area contributed by atoms with Gasteiger partial charge in [-0.25, -0.2) is 9.97 Å². The molecule has 0 bridgehead atoms. The first-order valence-electron chi connectivity index (χ1n) is 3.26. The Morgan fingerprint density at radius 3 is 2.73 bits per heavy atom. The Kier molecular flexibility index (Phi) is 2.32. The van der Waals surface area contributed by atoms with Crippen molar-refractivity contribution in [1.82, 2.24) is 19.9 Å². The molecule has 5 nitrogen and oxygen atoms in total. The minimum atomic E-state index is 0.275. The van der Waals surface area contributed by atoms with Crippen LogP contribution in [-0.2, 0) is 6.54 Å². The summed E-state index contributed by atoms with van der Waals surface area (Å²) in [5, 5.41) is 0. The number of nitrogens with two attached hydrogens (primary N) is 1. The fraction of sp³-hybridized carbons (Fsp3) is 0.500. The van der Waals surface area contributed by atoms with Crippen LogP contribution in [0.5, 0.6) is 0 Å². The Labute approximate surface area is 65.3 Å². The summed E-state index contributed by atoms with van der Waals surface area (Å²) in [5.74, 6) is 0.972. The summed E-state index contributed by atoms with van der Waals surface area (Å²) in [7, 11) is 3.89. The van der Waals surface area contributed by atoms with Crippen molar-refractivity contribution in [2.45, 2.75) is 6.54 Å². The van der Waals surface area contributed by atoms with Gasteiger partial charge in [-0.3, -0.25) is 0 Å². The van der Waals surface area contributed by atoms with Gasteiger partial charge in [-0.1, -0.05) is 0 Å². The summed E-state index contributed by atoms with van der Waals surface area (Å²) in [6, 6.07) is 0. The second-order valence-electron chi connectivity index (χ2n) is 2.50. The Bertz CT molecular complexity index is 234. The lowest BCUT2D eigenvalue weighted by molar-refractivity contribution is 0.390. The van der Waals surface area contributed by atoms with Crippen LogP contribution in [0.3, 0.4) is 0 Å². The van der Waals surface area contributed by atoms with E-state index in [-0.39, 0.29) is 5.95 Å². The van der Waals surface area contributed by atoms with Crippen molar-refractivity contribution in [2.75, 3.05) is 19.8 Å². The van der Waals surface area contributed by atoms with Crippen LogP contribution in [0.4, 0.5) is 5.95 Å². The van der Waals surface area contributed by atoms with Crippen molar-refractivity contribution in [2.24, 2.45) is 0 Å². The summed E-state index contributed by atoms with van der Waals surface area (Å²) in [4.78, 5) is 13.5. The fourth-order valence-corrected chi connectivity index (χ4v) is 0.704. The number of aromatic nitrogens is 3. The van der Waals surface area contributed by atoms with Crippen LogP contribution >= 0.6 is 0 Å². The third kappa shape index (κ3) is 2.46. The van der Waals surface area contributed by atoms with Crippen molar-refractivity contribution in [3.8, 4) is 0 Å². The van der Waals surface area contributed by atoms with Crippen molar-refractivity contribution < 1.29 is 0 Å². The van der Waals surface area contributed by atoms with Gasteiger partial charge in [0.05, 0.1) is 6.54 Å². The van der Waals surface area contributed by atoms with Crippen molar-refractivity contribution in [3.63, 3.8) is 0 Å². The third-order valence-corrected chi connectivity index (χ3v) is 1.10. The van der Waals surface area contributed by atoms with Crippen molar-refractivity contribution >= 4 is 5.95 Å². The number of nitrogen functional groups attached to an aromatic ring is 1. The number of anilines is 1. The lowest BCUT2D eigenvalue weighted by Crippen LogP contribution is -2.14. The summed E-state index contributed by atoms with van der Waals surface area (Å²) in [6.45, 7) is 0.687. The van der Waals surface area contributed by atoms with Crippen LogP contribution in [0, 0.1) is 0 Å². The first kappa shape index (κ1) is 7.87. The van der Waals surface area contributed by atoms with E-state index in [1.807, 2.05) is 19.0 Å². The van der Waals surface area contributed by atoms with Gasteiger partial charge in [0.15, 0.2) is 0 Å². The van der Waals surface area contributed by atoms with Crippen LogP contribution in [0.1, 0.15) is 5.82 Å². The molecule has 0 unspecified atom stereocenters. The van der Waals surface area contributed by atoms with Gasteiger partial charge in [0, 0.05) is 0 Å². The zero-order chi connectivity index (χ0) is 8.27. The molecule has 0 aliphatic carbocycles. The molecule has 11 heavy (non-hydrogen) atoms. The molecule has 5 heteroatoms. The van der Waals surface area contributed by atoms with E-state index >= 15 is 0 Å². The molecule has 0 aliphatic rings. The molecule has 0 spiro atoms. The van der Waals surface area contributed by atoms with Crippen LogP contribution in [0.15, 0.2) is 6.33 Å². The molecule has 0 amide bonds. The third-order valence-electron chi connectivity index (χ3n) is 1.10. The Balaban J connectivity index is 2.71. The number of hydrogen-bond acceptors (Lipinski definition) is 5. The zero-order valence-corrected chi connectivity index (χ0v) is 6.65. The van der Waals surface area contributed by atoms with E-state index in [9.17, 15) is 0 Å². The summed E-state index contributed by atoms with van der Waals surface area (Å²) < 4.78 is 0. The second kappa shape index (κ2) is 3.25. The van der Waals surface area contributed by atoms with Gasteiger partial charge in [-0.15, -0.1) is 0 Å². The number of nitrogens with zero attached hydrogens (tertiary/aromatic N) is 4. The van der Waals surface area contributed by atoms with E-state index in [1.165, 1.54) is 6.33 Å². The molecule has 1 rings (SSSR count). The molecule has 0 aliphatic heterocycles. The predicted molar refractivity (Wildman–Crippen MR) is 41.6 cm³/mol. The zero-order valence-electron chi connectivity index (χ0n) is 6.65. The smallest absolute Gasteiger partial charge is 0.223 e. The van der Waals surface area contributed by atoms with Crippen LogP contribution in [-0.4, -0.2) is 33.9 Å². The molecule has 0 radical (unpaired) electrons. The highest BCUT2D eigenvalue weighted by molar-refractivity contribution is 5.12. The molecule has 1 heterocycles. The lowest BCUT2D eigenvalue weighted by atomic mass is 10.5. The van der Waals surface area contributed by atoms with Gasteiger partial charge >= 0.3 is 0 Å². The Morgan fingerprint density at radius 2 is 2.18 bits per heavy atom. The van der Waals surface area contributed by atoms with E-state index in [0.29, 0.717) is 12.4 Å². The number of rotatable bonds is 2. The first-order chi connectivity index (χ1) is 5.18. The summed E-state index contributed by atoms with van der Waals surface area (Å²) in [6.07, 6.45) is 1.42. The van der Waals surface area contributed by atoms with Gasteiger partial charge in [0.1, 0.15) is 12.2 Å². The standard InChI is InChI=1S/C6H11N5/c1-11(2)3-5-8-4-9-6(7)10-5/h4H,3H2,1-2H3,(H2,7,8,9,10). The molecular weight excluding hydrogens is 142 g/mol. The molecule has 1 aromatic heterocycles. The maximum atomic E-state index is 5.35. The maximum absolute atomic E-state index is 5.35. The van der Waals surface area contributed by atoms with E-state index in [1.54, 1.807) is 0 Å². The highest BCUT2D eigenvalue weighted by Gasteiger charge is 1.97. The van der Waals surface area contributed by atoms with Crippen LogP contribution in [0.2, 0.25) is 0 Å². The Hall–Kier alpha value is -1.23. The fourth-order valence-electron chi connectivity index (χ4n) is 0.704. The minimum Gasteiger partial charge on any atom is -0.368 e. The summed E-state index contributed by atoms with van der Waals surface area (Å²) >= 11 is 0. The summed E-state index contributed by atoms with van der Waals surface area (Å²) in [5.41, 5.74) is 5.35. The molecule has 0 saturated heterocycles. The van der Waals surface area contributed by atoms with E-state index in [4.69, 9.17) is 5.73 Å². The molecular formula is C6H11N5. The van der Waals surface area contributed by atoms with Gasteiger partial charge in [0.25, 0.3) is 0 Å². The topological polar surface area (TPSA) is 67.9 Å². The molecule has 0 atom stereocenters. The maximum Gasteiger partial charge on any atom is 0.223 e. The second-order valence-corrected chi connectivity index (χ2v) is 2.50. The minimum absolute atomic E-state index is 0.275. The highest BCUT2D eigenvalue weighted by atomic mass is 15.1. The van der Waals surface area contributed by atoms with Crippen LogP contribution in [0.25, 0.3) is 0 Å². The van der Waals surface area contributed by atoms with Gasteiger partial charge in [0.2, 0.25) is 5.95 Å². The van der Waals surface area contributed by atoms with Crippen LogP contribution < -0.4 is 5.73 Å². The largest absolute Gasteiger partial charge is 0.368 e. The molecule has 0 aromatic carbocycles. The Morgan fingerprint density at radius 1 is 1.45 bits per heavy atom. The van der Waals surface area contributed by atoms with Crippen molar-refractivity contribution in [3.05, 3.63) is 12.2 Å².